The molecule has 1 fully saturated rings. The summed E-state index contributed by atoms with van der Waals surface area (Å²) < 4.78 is 26.9. The smallest absolute Gasteiger partial charge is 0.231 e. The summed E-state index contributed by atoms with van der Waals surface area (Å²) in [4.78, 5) is 24.0. The number of amides is 1. The molecular weight excluding hydrogens is 443 g/mol. The van der Waals surface area contributed by atoms with Crippen LogP contribution in [-0.2, 0) is 11.3 Å². The SMILES string of the molecule is O=C(NCc1ccc2c(c1)OCO2)[C@H]1CCCN(c2ncnc3c2sc2cccc(F)c23)C1. The van der Waals surface area contributed by atoms with E-state index in [1.165, 1.54) is 23.7 Å². The number of fused-ring (bicyclic) bond motifs is 4. The minimum atomic E-state index is -0.275. The molecule has 0 bridgehead atoms. The number of nitrogens with zero attached hydrogens (tertiary/aromatic N) is 3. The third kappa shape index (κ3) is 3.62. The maximum atomic E-state index is 14.5. The Bertz CT molecular complexity index is 1370. The molecule has 9 heteroatoms. The van der Waals surface area contributed by atoms with Gasteiger partial charge in [-0.2, -0.15) is 0 Å². The number of piperidine rings is 1. The van der Waals surface area contributed by atoms with Crippen molar-refractivity contribution < 1.29 is 18.7 Å². The largest absolute Gasteiger partial charge is 0.454 e. The highest BCUT2D eigenvalue weighted by molar-refractivity contribution is 7.26. The number of ether oxygens (including phenoxy) is 2. The van der Waals surface area contributed by atoms with E-state index in [0.717, 1.165) is 45.9 Å². The summed E-state index contributed by atoms with van der Waals surface area (Å²) in [5.41, 5.74) is 1.59. The maximum absolute atomic E-state index is 14.5. The summed E-state index contributed by atoms with van der Waals surface area (Å²) in [7, 11) is 0. The number of carbonyl (C=O) groups is 1. The quantitative estimate of drug-likeness (QED) is 0.487. The van der Waals surface area contributed by atoms with Crippen LogP contribution < -0.4 is 19.7 Å². The van der Waals surface area contributed by atoms with E-state index in [9.17, 15) is 9.18 Å². The van der Waals surface area contributed by atoms with Gasteiger partial charge in [0.1, 0.15) is 18.0 Å². The van der Waals surface area contributed by atoms with Crippen LogP contribution in [0, 0.1) is 11.7 Å². The van der Waals surface area contributed by atoms with Crippen LogP contribution >= 0.6 is 11.3 Å². The minimum Gasteiger partial charge on any atom is -0.454 e. The van der Waals surface area contributed by atoms with Crippen LogP contribution in [-0.4, -0.2) is 35.8 Å². The van der Waals surface area contributed by atoms with E-state index in [4.69, 9.17) is 9.47 Å². The molecule has 4 aromatic rings. The number of carbonyl (C=O) groups excluding carboxylic acids is 1. The Morgan fingerprint density at radius 2 is 2.12 bits per heavy atom. The number of halogens is 1. The molecule has 2 aromatic heterocycles. The van der Waals surface area contributed by atoms with Crippen molar-refractivity contribution in [1.82, 2.24) is 15.3 Å². The van der Waals surface area contributed by atoms with E-state index >= 15 is 0 Å². The fourth-order valence-corrected chi connectivity index (χ4v) is 5.75. The Morgan fingerprint density at radius 3 is 3.06 bits per heavy atom. The fraction of sp³-hybridized carbons (Fsp3) is 0.292. The lowest BCUT2D eigenvalue weighted by molar-refractivity contribution is -0.125. The lowest BCUT2D eigenvalue weighted by Gasteiger charge is -2.33. The molecule has 1 saturated heterocycles. The van der Waals surface area contributed by atoms with E-state index in [1.807, 2.05) is 24.3 Å². The number of hydrogen-bond acceptors (Lipinski definition) is 7. The van der Waals surface area contributed by atoms with Crippen molar-refractivity contribution in [3.8, 4) is 11.5 Å². The van der Waals surface area contributed by atoms with Crippen molar-refractivity contribution in [3.63, 3.8) is 0 Å². The normalized spacial score (nSPS) is 17.6. The van der Waals surface area contributed by atoms with Crippen molar-refractivity contribution in [2.75, 3.05) is 24.8 Å². The number of hydrogen-bond donors (Lipinski definition) is 1. The molecule has 2 aliphatic rings. The van der Waals surface area contributed by atoms with Crippen molar-refractivity contribution in [2.24, 2.45) is 5.92 Å². The monoisotopic (exact) mass is 464 g/mol. The second-order valence-corrected chi connectivity index (χ2v) is 9.33. The zero-order chi connectivity index (χ0) is 22.4. The first-order valence-corrected chi connectivity index (χ1v) is 11.7. The molecule has 33 heavy (non-hydrogen) atoms. The highest BCUT2D eigenvalue weighted by Gasteiger charge is 2.28. The predicted molar refractivity (Wildman–Crippen MR) is 124 cm³/mol. The zero-order valence-corrected chi connectivity index (χ0v) is 18.5. The summed E-state index contributed by atoms with van der Waals surface area (Å²) in [6.45, 7) is 2.02. The van der Waals surface area contributed by atoms with Gasteiger partial charge in [-0.3, -0.25) is 4.79 Å². The zero-order valence-electron chi connectivity index (χ0n) is 17.7. The van der Waals surface area contributed by atoms with Gasteiger partial charge in [0, 0.05) is 24.3 Å². The first kappa shape index (κ1) is 20.2. The molecule has 1 atom stereocenters. The highest BCUT2D eigenvalue weighted by atomic mass is 32.1. The van der Waals surface area contributed by atoms with E-state index in [0.29, 0.717) is 29.7 Å². The molecule has 0 saturated carbocycles. The molecule has 0 aliphatic carbocycles. The van der Waals surface area contributed by atoms with Gasteiger partial charge in [0.15, 0.2) is 11.5 Å². The molecule has 1 N–H and O–H groups in total. The van der Waals surface area contributed by atoms with E-state index in [1.54, 1.807) is 6.07 Å². The van der Waals surface area contributed by atoms with Crippen molar-refractivity contribution in [1.29, 1.82) is 0 Å². The Balaban J connectivity index is 1.20. The average molecular weight is 465 g/mol. The molecular formula is C24H21FN4O3S. The van der Waals surface area contributed by atoms with Crippen LogP contribution in [0.15, 0.2) is 42.7 Å². The summed E-state index contributed by atoms with van der Waals surface area (Å²) in [6.07, 6.45) is 3.19. The minimum absolute atomic E-state index is 0.0186. The van der Waals surface area contributed by atoms with Gasteiger partial charge in [0.2, 0.25) is 12.7 Å². The Hall–Kier alpha value is -3.46. The van der Waals surface area contributed by atoms with Crippen LogP contribution in [0.2, 0.25) is 0 Å². The van der Waals surface area contributed by atoms with Crippen molar-refractivity contribution >= 4 is 43.4 Å². The first-order valence-electron chi connectivity index (χ1n) is 10.9. The van der Waals surface area contributed by atoms with E-state index in [2.05, 4.69) is 20.2 Å². The molecule has 0 unspecified atom stereocenters. The molecule has 6 rings (SSSR count). The molecule has 168 valence electrons. The first-order chi connectivity index (χ1) is 16.2. The molecule has 2 aliphatic heterocycles. The maximum Gasteiger partial charge on any atom is 0.231 e. The van der Waals surface area contributed by atoms with Gasteiger partial charge in [-0.15, -0.1) is 11.3 Å². The highest BCUT2D eigenvalue weighted by Crippen LogP contribution is 2.39. The number of anilines is 1. The molecule has 0 radical (unpaired) electrons. The molecule has 2 aromatic carbocycles. The topological polar surface area (TPSA) is 76.6 Å². The second kappa shape index (κ2) is 8.15. The van der Waals surface area contributed by atoms with Gasteiger partial charge < -0.3 is 19.7 Å². The standard InChI is InChI=1S/C24H21FN4O3S/c25-16-4-1-5-19-20(16)21-22(33-19)23(28-12-27-21)29-8-2-3-15(11-29)24(30)26-10-14-6-7-17-18(9-14)32-13-31-17/h1,4-7,9,12,15H,2-3,8,10-11,13H2,(H,26,30)/t15-/m0/s1. The lowest BCUT2D eigenvalue weighted by Crippen LogP contribution is -2.43. The van der Waals surface area contributed by atoms with Crippen LogP contribution in [0.5, 0.6) is 11.5 Å². The summed E-state index contributed by atoms with van der Waals surface area (Å²) in [5, 5.41) is 3.59. The molecule has 7 nitrogen and oxygen atoms in total. The van der Waals surface area contributed by atoms with Crippen molar-refractivity contribution in [2.45, 2.75) is 19.4 Å². The average Bonchev–Trinajstić information content (AvgIpc) is 3.47. The predicted octanol–water partition coefficient (Wildman–Crippen LogP) is 4.25. The Labute approximate surface area is 193 Å². The van der Waals surface area contributed by atoms with E-state index < -0.39 is 0 Å². The van der Waals surface area contributed by atoms with Gasteiger partial charge in [0.25, 0.3) is 0 Å². The fourth-order valence-electron chi connectivity index (χ4n) is 4.56. The number of rotatable bonds is 4. The number of nitrogens with one attached hydrogen (secondary N) is 1. The second-order valence-electron chi connectivity index (χ2n) is 8.28. The molecule has 4 heterocycles. The van der Waals surface area contributed by atoms with E-state index in [-0.39, 0.29) is 24.4 Å². The number of benzene rings is 2. The summed E-state index contributed by atoms with van der Waals surface area (Å²) >= 11 is 1.49. The van der Waals surface area contributed by atoms with Crippen LogP contribution in [0.4, 0.5) is 10.2 Å². The summed E-state index contributed by atoms with van der Waals surface area (Å²) in [6, 6.07) is 10.8. The third-order valence-electron chi connectivity index (χ3n) is 6.20. The van der Waals surface area contributed by atoms with Gasteiger partial charge in [-0.25, -0.2) is 14.4 Å². The van der Waals surface area contributed by atoms with Crippen LogP contribution in [0.1, 0.15) is 18.4 Å². The lowest BCUT2D eigenvalue weighted by atomic mass is 9.97. The van der Waals surface area contributed by atoms with Gasteiger partial charge in [0.05, 0.1) is 21.5 Å². The third-order valence-corrected chi connectivity index (χ3v) is 7.34. The molecule has 0 spiro atoms. The molecule has 1 amide bonds. The van der Waals surface area contributed by atoms with Gasteiger partial charge >= 0.3 is 0 Å². The van der Waals surface area contributed by atoms with Crippen LogP contribution in [0.25, 0.3) is 20.3 Å². The van der Waals surface area contributed by atoms with Crippen molar-refractivity contribution in [3.05, 3.63) is 54.1 Å². The summed E-state index contributed by atoms with van der Waals surface area (Å²) in [5.74, 6) is 1.80. The Morgan fingerprint density at radius 1 is 1.21 bits per heavy atom. The number of thiophene rings is 1. The number of aromatic nitrogens is 2. The van der Waals surface area contributed by atoms with Gasteiger partial charge in [-0.1, -0.05) is 12.1 Å². The van der Waals surface area contributed by atoms with Gasteiger partial charge in [-0.05, 0) is 42.7 Å². The van der Waals surface area contributed by atoms with Crippen LogP contribution in [0.3, 0.4) is 0 Å². The Kier molecular flexibility index (Phi) is 4.98.